The largest absolute Gasteiger partial charge is 0.380 e. The molecule has 0 saturated carbocycles. The summed E-state index contributed by atoms with van der Waals surface area (Å²) in [7, 11) is 0. The van der Waals surface area contributed by atoms with E-state index in [0.29, 0.717) is 28.8 Å². The SMILES string of the molecule is CC(C)N1CCOC(CNc2cc(Nc3cnc(C#N)cn3)nnc2Br)C1. The third kappa shape index (κ3) is 5.32. The lowest BCUT2D eigenvalue weighted by Gasteiger charge is -2.35. The molecule has 27 heavy (non-hydrogen) atoms. The van der Waals surface area contributed by atoms with Gasteiger partial charge in [-0.1, -0.05) is 0 Å². The molecule has 9 nitrogen and oxygen atoms in total. The first-order chi connectivity index (χ1) is 13.0. The van der Waals surface area contributed by atoms with Gasteiger partial charge in [-0.2, -0.15) is 5.26 Å². The highest BCUT2D eigenvalue weighted by Crippen LogP contribution is 2.23. The molecule has 0 amide bonds. The molecule has 0 radical (unpaired) electrons. The van der Waals surface area contributed by atoms with Gasteiger partial charge in [-0.05, 0) is 29.8 Å². The smallest absolute Gasteiger partial charge is 0.158 e. The topological polar surface area (TPSA) is 112 Å². The van der Waals surface area contributed by atoms with Crippen molar-refractivity contribution in [3.8, 4) is 6.07 Å². The average Bonchev–Trinajstić information content (AvgIpc) is 2.69. The first-order valence-electron chi connectivity index (χ1n) is 8.67. The summed E-state index contributed by atoms with van der Waals surface area (Å²) in [6.45, 7) is 7.67. The normalized spacial score (nSPS) is 17.5. The molecule has 3 rings (SSSR count). The van der Waals surface area contributed by atoms with Crippen molar-refractivity contribution in [3.63, 3.8) is 0 Å². The van der Waals surface area contributed by atoms with E-state index in [1.807, 2.05) is 12.1 Å². The zero-order valence-electron chi connectivity index (χ0n) is 15.2. The number of anilines is 3. The van der Waals surface area contributed by atoms with Gasteiger partial charge in [0.2, 0.25) is 0 Å². The summed E-state index contributed by atoms with van der Waals surface area (Å²) in [5.74, 6) is 1.01. The standard InChI is InChI=1S/C17H21BrN8O/c1-11(2)26-3-4-27-13(10-26)8-21-14-5-15(24-25-17(14)18)23-16-9-20-12(6-19)7-22-16/h5,7,9,11,13H,3-4,8,10H2,1-2H3,(H2,21,22,23,24). The number of hydrogen-bond donors (Lipinski definition) is 2. The van der Waals surface area contributed by atoms with E-state index in [1.54, 1.807) is 0 Å². The molecule has 1 aliphatic heterocycles. The van der Waals surface area contributed by atoms with Crippen LogP contribution in [0.15, 0.2) is 23.1 Å². The van der Waals surface area contributed by atoms with Gasteiger partial charge in [-0.25, -0.2) is 9.97 Å². The summed E-state index contributed by atoms with van der Waals surface area (Å²) in [5, 5.41) is 23.4. The highest BCUT2D eigenvalue weighted by Gasteiger charge is 2.22. The van der Waals surface area contributed by atoms with Gasteiger partial charge >= 0.3 is 0 Å². The van der Waals surface area contributed by atoms with Crippen molar-refractivity contribution in [1.82, 2.24) is 25.1 Å². The van der Waals surface area contributed by atoms with Crippen molar-refractivity contribution >= 4 is 33.3 Å². The summed E-state index contributed by atoms with van der Waals surface area (Å²) in [6, 6.07) is 4.27. The van der Waals surface area contributed by atoms with Crippen LogP contribution in [0.4, 0.5) is 17.3 Å². The van der Waals surface area contributed by atoms with Gasteiger partial charge in [0.15, 0.2) is 16.1 Å². The van der Waals surface area contributed by atoms with Crippen LogP contribution in [0.3, 0.4) is 0 Å². The molecule has 1 saturated heterocycles. The number of rotatable bonds is 6. The fraction of sp³-hybridized carbons (Fsp3) is 0.471. The molecule has 2 N–H and O–H groups in total. The van der Waals surface area contributed by atoms with Crippen molar-refractivity contribution < 1.29 is 4.74 Å². The molecule has 10 heteroatoms. The minimum absolute atomic E-state index is 0.113. The van der Waals surface area contributed by atoms with Gasteiger partial charge in [0.25, 0.3) is 0 Å². The predicted octanol–water partition coefficient (Wildman–Crippen LogP) is 2.17. The number of halogens is 1. The molecule has 1 aliphatic rings. The van der Waals surface area contributed by atoms with Crippen molar-refractivity contribution in [1.29, 1.82) is 5.26 Å². The first kappa shape index (κ1) is 19.4. The van der Waals surface area contributed by atoms with Crippen LogP contribution in [-0.2, 0) is 4.74 Å². The third-order valence-corrected chi connectivity index (χ3v) is 4.78. The molecule has 0 aliphatic carbocycles. The van der Waals surface area contributed by atoms with Crippen molar-refractivity contribution in [2.75, 3.05) is 36.9 Å². The number of nitriles is 1. The Hall–Kier alpha value is -2.35. The van der Waals surface area contributed by atoms with E-state index in [9.17, 15) is 0 Å². The van der Waals surface area contributed by atoms with Gasteiger partial charge in [-0.15, -0.1) is 10.2 Å². The van der Waals surface area contributed by atoms with Crippen LogP contribution in [-0.4, -0.2) is 63.5 Å². The fourth-order valence-corrected chi connectivity index (χ4v) is 3.04. The summed E-state index contributed by atoms with van der Waals surface area (Å²) >= 11 is 3.42. The maximum atomic E-state index is 8.78. The molecule has 1 fully saturated rings. The van der Waals surface area contributed by atoms with E-state index < -0.39 is 0 Å². The quantitative estimate of drug-likeness (QED) is 0.708. The summed E-state index contributed by atoms with van der Waals surface area (Å²) < 4.78 is 6.47. The first-order valence-corrected chi connectivity index (χ1v) is 9.46. The second kappa shape index (κ2) is 9.03. The second-order valence-electron chi connectivity index (χ2n) is 6.42. The molecule has 0 bridgehead atoms. The molecule has 1 unspecified atom stereocenters. The maximum absolute atomic E-state index is 8.78. The number of aromatic nitrogens is 4. The maximum Gasteiger partial charge on any atom is 0.158 e. The Balaban J connectivity index is 1.62. The number of ether oxygens (including phenoxy) is 1. The highest BCUT2D eigenvalue weighted by molar-refractivity contribution is 9.10. The highest BCUT2D eigenvalue weighted by atomic mass is 79.9. The average molecular weight is 433 g/mol. The Morgan fingerprint density at radius 2 is 2.19 bits per heavy atom. The third-order valence-electron chi connectivity index (χ3n) is 4.19. The summed E-state index contributed by atoms with van der Waals surface area (Å²) in [5.41, 5.74) is 1.06. The molecule has 1 atom stereocenters. The molecule has 2 aromatic rings. The Morgan fingerprint density at radius 3 is 2.89 bits per heavy atom. The predicted molar refractivity (Wildman–Crippen MR) is 105 cm³/mol. The van der Waals surface area contributed by atoms with Gasteiger partial charge in [0, 0.05) is 31.7 Å². The van der Waals surface area contributed by atoms with Gasteiger partial charge in [-0.3, -0.25) is 4.90 Å². The van der Waals surface area contributed by atoms with Crippen LogP contribution in [0.2, 0.25) is 0 Å². The van der Waals surface area contributed by atoms with Crippen molar-refractivity contribution in [3.05, 3.63) is 28.8 Å². The van der Waals surface area contributed by atoms with Crippen molar-refractivity contribution in [2.24, 2.45) is 0 Å². The summed E-state index contributed by atoms with van der Waals surface area (Å²) in [4.78, 5) is 10.5. The van der Waals surface area contributed by atoms with Crippen LogP contribution in [0.1, 0.15) is 19.5 Å². The minimum Gasteiger partial charge on any atom is -0.380 e. The fourth-order valence-electron chi connectivity index (χ4n) is 2.70. The molecule has 2 aromatic heterocycles. The Kier molecular flexibility index (Phi) is 6.49. The zero-order valence-corrected chi connectivity index (χ0v) is 16.8. The Labute approximate surface area is 166 Å². The monoisotopic (exact) mass is 432 g/mol. The number of nitrogens with zero attached hydrogens (tertiary/aromatic N) is 6. The van der Waals surface area contributed by atoms with Gasteiger partial charge < -0.3 is 15.4 Å². The zero-order chi connectivity index (χ0) is 19.2. The van der Waals surface area contributed by atoms with Gasteiger partial charge in [0.05, 0.1) is 30.8 Å². The lowest BCUT2D eigenvalue weighted by molar-refractivity contribution is -0.0315. The Bertz CT molecular complexity index is 808. The van der Waals surface area contributed by atoms with Crippen LogP contribution < -0.4 is 10.6 Å². The van der Waals surface area contributed by atoms with Crippen LogP contribution in [0.5, 0.6) is 0 Å². The summed E-state index contributed by atoms with van der Waals surface area (Å²) in [6.07, 6.45) is 2.99. The lowest BCUT2D eigenvalue weighted by atomic mass is 10.2. The second-order valence-corrected chi connectivity index (χ2v) is 7.17. The number of morpholine rings is 1. The lowest BCUT2D eigenvalue weighted by Crippen LogP contribution is -2.48. The van der Waals surface area contributed by atoms with E-state index >= 15 is 0 Å². The van der Waals surface area contributed by atoms with E-state index in [0.717, 1.165) is 25.4 Å². The molecule has 3 heterocycles. The molecule has 0 aromatic carbocycles. The van der Waals surface area contributed by atoms with E-state index in [-0.39, 0.29) is 11.8 Å². The minimum atomic E-state index is 0.113. The Morgan fingerprint density at radius 1 is 1.33 bits per heavy atom. The van der Waals surface area contributed by atoms with E-state index in [1.165, 1.54) is 12.4 Å². The molecular weight excluding hydrogens is 412 g/mol. The van der Waals surface area contributed by atoms with Gasteiger partial charge in [0.1, 0.15) is 11.9 Å². The molecule has 142 valence electrons. The van der Waals surface area contributed by atoms with Crippen LogP contribution in [0.25, 0.3) is 0 Å². The van der Waals surface area contributed by atoms with Crippen LogP contribution in [0, 0.1) is 11.3 Å². The van der Waals surface area contributed by atoms with E-state index in [4.69, 9.17) is 10.00 Å². The van der Waals surface area contributed by atoms with Crippen molar-refractivity contribution in [2.45, 2.75) is 26.0 Å². The molecule has 0 spiro atoms. The van der Waals surface area contributed by atoms with E-state index in [2.05, 4.69) is 65.5 Å². The van der Waals surface area contributed by atoms with Crippen LogP contribution >= 0.6 is 15.9 Å². The number of nitrogens with one attached hydrogen (secondary N) is 2. The molecular formula is C17H21BrN8O. The number of hydrogen-bond acceptors (Lipinski definition) is 9.